The Kier molecular flexibility index (Phi) is 7.05. The van der Waals surface area contributed by atoms with Crippen molar-refractivity contribution < 1.29 is 22.8 Å². The second kappa shape index (κ2) is 9.95. The number of ether oxygens (including phenoxy) is 1. The number of nitrogens with one attached hydrogen (secondary N) is 2. The topological polar surface area (TPSA) is 93.7 Å². The Morgan fingerprint density at radius 1 is 1.12 bits per heavy atom. The van der Waals surface area contributed by atoms with Gasteiger partial charge in [-0.2, -0.15) is 0 Å². The minimum Gasteiger partial charge on any atom is -0.350 e. The highest BCUT2D eigenvalue weighted by atomic mass is 32.2. The van der Waals surface area contributed by atoms with Crippen molar-refractivity contribution in [2.75, 3.05) is 6.61 Å². The Labute approximate surface area is 188 Å². The Bertz CT molecular complexity index is 1090. The first-order valence-electron chi connectivity index (χ1n) is 10.9. The van der Waals surface area contributed by atoms with E-state index in [4.69, 9.17) is 9.57 Å². The van der Waals surface area contributed by atoms with E-state index < -0.39 is 10.0 Å². The third-order valence-electron chi connectivity index (χ3n) is 5.73. The lowest BCUT2D eigenvalue weighted by Crippen LogP contribution is -2.32. The van der Waals surface area contributed by atoms with Gasteiger partial charge in [0.25, 0.3) is 5.91 Å². The monoisotopic (exact) mass is 456 g/mol. The summed E-state index contributed by atoms with van der Waals surface area (Å²) in [5, 5.41) is 0. The maximum absolute atomic E-state index is 12.7. The summed E-state index contributed by atoms with van der Waals surface area (Å²) in [4.78, 5) is 17.5. The van der Waals surface area contributed by atoms with Gasteiger partial charge >= 0.3 is 0 Å². The van der Waals surface area contributed by atoms with Crippen LogP contribution in [0, 0.1) is 6.92 Å². The zero-order chi connectivity index (χ0) is 22.6. The van der Waals surface area contributed by atoms with E-state index in [0.29, 0.717) is 13.0 Å². The number of aryl methyl sites for hydroxylation is 2. The highest BCUT2D eigenvalue weighted by Crippen LogP contribution is 2.33. The van der Waals surface area contributed by atoms with Gasteiger partial charge in [-0.15, -0.1) is 0 Å². The first kappa shape index (κ1) is 22.7. The fourth-order valence-corrected chi connectivity index (χ4v) is 5.22. The number of sulfonamides is 1. The van der Waals surface area contributed by atoms with E-state index in [1.54, 1.807) is 30.3 Å². The van der Waals surface area contributed by atoms with Crippen molar-refractivity contribution in [3.05, 3.63) is 70.8 Å². The average molecular weight is 457 g/mol. The molecule has 2 atom stereocenters. The predicted octanol–water partition coefficient (Wildman–Crippen LogP) is 3.55. The van der Waals surface area contributed by atoms with Crippen LogP contribution in [0.5, 0.6) is 0 Å². The molecule has 2 unspecified atom stereocenters. The Balaban J connectivity index is 1.36. The second-order valence-electron chi connectivity index (χ2n) is 8.20. The van der Waals surface area contributed by atoms with Crippen LogP contribution in [0.2, 0.25) is 0 Å². The molecule has 0 saturated carbocycles. The molecule has 32 heavy (non-hydrogen) atoms. The molecule has 7 nitrogen and oxygen atoms in total. The zero-order valence-corrected chi connectivity index (χ0v) is 18.9. The summed E-state index contributed by atoms with van der Waals surface area (Å²) in [6, 6.07) is 12.4. The molecule has 1 amide bonds. The van der Waals surface area contributed by atoms with Crippen LogP contribution in [0.15, 0.2) is 53.4 Å². The van der Waals surface area contributed by atoms with E-state index in [1.807, 2.05) is 25.1 Å². The molecular formula is C24H28N2O5S. The molecule has 1 fully saturated rings. The smallest absolute Gasteiger partial charge is 0.267 e. The number of benzene rings is 2. The lowest BCUT2D eigenvalue weighted by Gasteiger charge is -2.21. The van der Waals surface area contributed by atoms with Crippen LogP contribution >= 0.6 is 0 Å². The number of rotatable bonds is 7. The van der Waals surface area contributed by atoms with Crippen LogP contribution in [0.1, 0.15) is 54.0 Å². The van der Waals surface area contributed by atoms with Crippen LogP contribution in [0.3, 0.4) is 0 Å². The lowest BCUT2D eigenvalue weighted by atomic mass is 10.0. The molecular weight excluding hydrogens is 428 g/mol. The molecule has 1 aliphatic carbocycles. The molecule has 0 bridgehead atoms. The van der Waals surface area contributed by atoms with E-state index in [0.717, 1.165) is 47.9 Å². The van der Waals surface area contributed by atoms with Gasteiger partial charge in [0, 0.05) is 25.1 Å². The summed E-state index contributed by atoms with van der Waals surface area (Å²) in [6.45, 7) is 2.57. The van der Waals surface area contributed by atoms with Gasteiger partial charge in [0.1, 0.15) is 0 Å². The van der Waals surface area contributed by atoms with Crippen molar-refractivity contribution in [3.63, 3.8) is 0 Å². The van der Waals surface area contributed by atoms with Crippen molar-refractivity contribution in [1.82, 2.24) is 10.2 Å². The molecule has 1 aliphatic heterocycles. The van der Waals surface area contributed by atoms with Gasteiger partial charge < -0.3 is 4.74 Å². The van der Waals surface area contributed by atoms with Gasteiger partial charge in [-0.3, -0.25) is 4.79 Å². The summed E-state index contributed by atoms with van der Waals surface area (Å²) in [6.07, 6.45) is 7.01. The zero-order valence-electron chi connectivity index (χ0n) is 18.0. The average Bonchev–Trinajstić information content (AvgIpc) is 3.18. The van der Waals surface area contributed by atoms with E-state index in [9.17, 15) is 13.2 Å². The fourth-order valence-electron chi connectivity index (χ4n) is 3.97. The van der Waals surface area contributed by atoms with Crippen molar-refractivity contribution in [3.8, 4) is 0 Å². The number of carbonyl (C=O) groups is 1. The van der Waals surface area contributed by atoms with Crippen molar-refractivity contribution in [2.24, 2.45) is 0 Å². The molecule has 8 heteroatoms. The van der Waals surface area contributed by atoms with Gasteiger partial charge in [-0.05, 0) is 67.5 Å². The lowest BCUT2D eigenvalue weighted by molar-refractivity contribution is -0.198. The first-order valence-corrected chi connectivity index (χ1v) is 12.4. The molecule has 0 spiro atoms. The van der Waals surface area contributed by atoms with E-state index >= 15 is 0 Å². The van der Waals surface area contributed by atoms with Gasteiger partial charge in [-0.25, -0.2) is 23.5 Å². The summed E-state index contributed by atoms with van der Waals surface area (Å²) in [5.41, 5.74) is 6.33. The predicted molar refractivity (Wildman–Crippen MR) is 121 cm³/mol. The highest BCUT2D eigenvalue weighted by molar-refractivity contribution is 7.89. The molecule has 1 saturated heterocycles. The van der Waals surface area contributed by atoms with Crippen LogP contribution in [-0.2, 0) is 30.8 Å². The van der Waals surface area contributed by atoms with Crippen LogP contribution in [0.4, 0.5) is 0 Å². The number of hydrogen-bond acceptors (Lipinski definition) is 5. The number of carbonyl (C=O) groups excluding carboxylic acids is 1. The first-order chi connectivity index (χ1) is 15.4. The van der Waals surface area contributed by atoms with Crippen molar-refractivity contribution in [2.45, 2.75) is 56.3 Å². The SMILES string of the molecule is Cc1ccc(S(=O)(=O)NC2CCc3cc(/C=C/C(=O)NOC4CCCCO4)ccc32)cc1. The molecule has 2 aliphatic rings. The Morgan fingerprint density at radius 2 is 1.94 bits per heavy atom. The third-order valence-corrected chi connectivity index (χ3v) is 7.22. The van der Waals surface area contributed by atoms with Crippen molar-refractivity contribution in [1.29, 1.82) is 0 Å². The molecule has 0 radical (unpaired) electrons. The van der Waals surface area contributed by atoms with Crippen LogP contribution in [0.25, 0.3) is 6.08 Å². The normalized spacial score (nSPS) is 20.9. The van der Waals surface area contributed by atoms with Gasteiger partial charge in [-0.1, -0.05) is 35.9 Å². The molecule has 0 aromatic heterocycles. The van der Waals surface area contributed by atoms with Crippen molar-refractivity contribution >= 4 is 22.0 Å². The molecule has 2 N–H and O–H groups in total. The van der Waals surface area contributed by atoms with Gasteiger partial charge in [0.05, 0.1) is 4.90 Å². The molecule has 1 heterocycles. The van der Waals surface area contributed by atoms with Crippen LogP contribution in [-0.4, -0.2) is 27.2 Å². The molecule has 2 aromatic carbocycles. The van der Waals surface area contributed by atoms with Crippen LogP contribution < -0.4 is 10.2 Å². The quantitative estimate of drug-likeness (QED) is 0.491. The Morgan fingerprint density at radius 3 is 2.69 bits per heavy atom. The number of hydroxylamine groups is 1. The second-order valence-corrected chi connectivity index (χ2v) is 9.91. The van der Waals surface area contributed by atoms with E-state index in [1.165, 1.54) is 6.08 Å². The summed E-state index contributed by atoms with van der Waals surface area (Å²) < 4.78 is 33.7. The largest absolute Gasteiger partial charge is 0.350 e. The molecule has 2 aromatic rings. The maximum atomic E-state index is 12.7. The summed E-state index contributed by atoms with van der Waals surface area (Å²) in [5.74, 6) is -0.358. The summed E-state index contributed by atoms with van der Waals surface area (Å²) >= 11 is 0. The third kappa shape index (κ3) is 5.63. The Hall–Kier alpha value is -2.52. The van der Waals surface area contributed by atoms with E-state index in [2.05, 4.69) is 10.2 Å². The van der Waals surface area contributed by atoms with Gasteiger partial charge in [0.2, 0.25) is 10.0 Å². The number of fused-ring (bicyclic) bond motifs is 1. The molecule has 4 rings (SSSR count). The number of hydrogen-bond donors (Lipinski definition) is 2. The standard InChI is InChI=1S/C24H28N2O5S/c1-17-5-10-20(11-6-17)32(28,29)26-22-13-9-19-16-18(7-12-21(19)22)8-14-23(27)25-31-24-4-2-3-15-30-24/h5-8,10-12,14,16,22,24,26H,2-4,9,13,15H2,1H3,(H,25,27)/b14-8+. The minimum atomic E-state index is -3.59. The highest BCUT2D eigenvalue weighted by Gasteiger charge is 2.27. The fraction of sp³-hybridized carbons (Fsp3) is 0.375. The van der Waals surface area contributed by atoms with Gasteiger partial charge in [0.15, 0.2) is 6.29 Å². The summed E-state index contributed by atoms with van der Waals surface area (Å²) in [7, 11) is -3.59. The number of amides is 1. The van der Waals surface area contributed by atoms with E-state index in [-0.39, 0.29) is 23.1 Å². The maximum Gasteiger partial charge on any atom is 0.267 e. The molecule has 170 valence electrons. The minimum absolute atomic E-state index is 0.262.